The van der Waals surface area contributed by atoms with Crippen molar-refractivity contribution in [1.29, 1.82) is 0 Å². The van der Waals surface area contributed by atoms with Gasteiger partial charge in [-0.05, 0) is 61.9 Å². The Morgan fingerprint density at radius 1 is 0.946 bits per heavy atom. The number of halogens is 3. The van der Waals surface area contributed by atoms with Crippen LogP contribution in [0.5, 0.6) is 0 Å². The first-order chi connectivity index (χ1) is 17.3. The second-order valence-corrected chi connectivity index (χ2v) is 11.1. The summed E-state index contributed by atoms with van der Waals surface area (Å²) in [6.07, 6.45) is 3.65. The fourth-order valence-corrected chi connectivity index (χ4v) is 5.75. The molecule has 37 heavy (non-hydrogen) atoms. The molecule has 2 aromatic carbocycles. The highest BCUT2D eigenvalue weighted by Crippen LogP contribution is 2.49. The SMILES string of the molecule is Cc1ccccc1S(=O)(=O)Nc1ccc(C2(C(=O)NC3CCCCCC3)CC2)cc1.O=C(O)C(F)(F)F. The minimum Gasteiger partial charge on any atom is -0.475 e. The van der Waals surface area contributed by atoms with Crippen LogP contribution in [0, 0.1) is 6.92 Å². The average Bonchev–Trinajstić information content (AvgIpc) is 3.65. The third kappa shape index (κ3) is 7.47. The molecule has 0 saturated heterocycles. The van der Waals surface area contributed by atoms with E-state index in [9.17, 15) is 26.4 Å². The lowest BCUT2D eigenvalue weighted by atomic mass is 9.94. The fourth-order valence-electron chi connectivity index (χ4n) is 4.44. The predicted octanol–water partition coefficient (Wildman–Crippen LogP) is 5.30. The molecule has 7 nitrogen and oxygen atoms in total. The van der Waals surface area contributed by atoms with Crippen molar-refractivity contribution in [2.45, 2.75) is 80.8 Å². The molecule has 2 fully saturated rings. The van der Waals surface area contributed by atoms with E-state index in [-0.39, 0.29) is 16.8 Å². The predicted molar refractivity (Wildman–Crippen MR) is 133 cm³/mol. The smallest absolute Gasteiger partial charge is 0.475 e. The van der Waals surface area contributed by atoms with Gasteiger partial charge >= 0.3 is 12.1 Å². The van der Waals surface area contributed by atoms with Gasteiger partial charge in [-0.1, -0.05) is 56.0 Å². The number of aryl methyl sites for hydroxylation is 1. The molecule has 0 radical (unpaired) electrons. The Bertz CT molecular complexity index is 1200. The summed E-state index contributed by atoms with van der Waals surface area (Å²) in [6.45, 7) is 1.78. The molecule has 0 heterocycles. The Balaban J connectivity index is 0.000000479. The van der Waals surface area contributed by atoms with Gasteiger partial charge in [-0.25, -0.2) is 13.2 Å². The Kier molecular flexibility index (Phi) is 8.88. The third-order valence-electron chi connectivity index (χ3n) is 6.69. The van der Waals surface area contributed by atoms with E-state index in [0.29, 0.717) is 11.3 Å². The molecule has 3 N–H and O–H groups in total. The van der Waals surface area contributed by atoms with Crippen LogP contribution >= 0.6 is 0 Å². The van der Waals surface area contributed by atoms with Crippen LogP contribution in [0.2, 0.25) is 0 Å². The summed E-state index contributed by atoms with van der Waals surface area (Å²) in [5.41, 5.74) is 1.72. The topological polar surface area (TPSA) is 113 Å². The summed E-state index contributed by atoms with van der Waals surface area (Å²) in [7, 11) is -3.64. The molecular weight excluding hydrogens is 509 g/mol. The van der Waals surface area contributed by atoms with Gasteiger partial charge in [0.2, 0.25) is 5.91 Å². The number of alkyl halides is 3. The average molecular weight is 541 g/mol. The van der Waals surface area contributed by atoms with Crippen molar-refractivity contribution in [2.24, 2.45) is 0 Å². The first kappa shape index (κ1) is 28.5. The summed E-state index contributed by atoms with van der Waals surface area (Å²) in [6, 6.07) is 14.5. The molecular formula is C26H31F3N2O5S. The van der Waals surface area contributed by atoms with Crippen LogP contribution in [-0.2, 0) is 25.0 Å². The number of carbonyl (C=O) groups excluding carboxylic acids is 1. The summed E-state index contributed by atoms with van der Waals surface area (Å²) in [4.78, 5) is 22.2. The molecule has 2 aliphatic rings. The number of aliphatic carboxylic acids is 1. The van der Waals surface area contributed by atoms with E-state index in [0.717, 1.165) is 31.2 Å². The number of hydrogen-bond donors (Lipinski definition) is 3. The van der Waals surface area contributed by atoms with Crippen molar-refractivity contribution >= 4 is 27.6 Å². The number of amides is 1. The Morgan fingerprint density at radius 3 is 1.97 bits per heavy atom. The Labute approximate surface area is 214 Å². The molecule has 0 unspecified atom stereocenters. The normalized spacial score (nSPS) is 17.5. The monoisotopic (exact) mass is 540 g/mol. The number of hydrogen-bond acceptors (Lipinski definition) is 4. The van der Waals surface area contributed by atoms with Crippen LogP contribution in [0.4, 0.5) is 18.9 Å². The van der Waals surface area contributed by atoms with Gasteiger partial charge in [-0.3, -0.25) is 9.52 Å². The Morgan fingerprint density at radius 2 is 1.49 bits per heavy atom. The number of carbonyl (C=O) groups is 2. The summed E-state index contributed by atoms with van der Waals surface area (Å²) >= 11 is 0. The quantitative estimate of drug-likeness (QED) is 0.431. The highest BCUT2D eigenvalue weighted by molar-refractivity contribution is 7.92. The largest absolute Gasteiger partial charge is 0.490 e. The first-order valence-electron chi connectivity index (χ1n) is 12.2. The highest BCUT2D eigenvalue weighted by Gasteiger charge is 2.51. The van der Waals surface area contributed by atoms with Crippen molar-refractivity contribution < 1.29 is 36.3 Å². The molecule has 1 amide bonds. The maximum Gasteiger partial charge on any atom is 0.490 e. The first-order valence-corrected chi connectivity index (χ1v) is 13.6. The number of nitrogens with one attached hydrogen (secondary N) is 2. The van der Waals surface area contributed by atoms with E-state index in [2.05, 4.69) is 10.0 Å². The fraction of sp³-hybridized carbons (Fsp3) is 0.462. The van der Waals surface area contributed by atoms with Crippen LogP contribution in [0.1, 0.15) is 62.5 Å². The van der Waals surface area contributed by atoms with Crippen molar-refractivity contribution in [3.8, 4) is 0 Å². The molecule has 4 rings (SSSR count). The molecule has 11 heteroatoms. The van der Waals surface area contributed by atoms with E-state index in [4.69, 9.17) is 9.90 Å². The standard InChI is InChI=1S/C24H30N2O3S.C2HF3O2/c1-18-8-6-7-11-22(18)30(28,29)26-21-14-12-19(13-15-21)24(16-17-24)23(27)25-20-9-4-2-3-5-10-20;3-2(4,5)1(6)7/h6-8,11-15,20,26H,2-5,9-10,16-17H2,1H3,(H,25,27);(H,6,7). The molecule has 0 atom stereocenters. The number of anilines is 1. The van der Waals surface area contributed by atoms with E-state index in [1.807, 2.05) is 18.2 Å². The minimum absolute atomic E-state index is 0.127. The van der Waals surface area contributed by atoms with E-state index in [1.54, 1.807) is 37.3 Å². The molecule has 0 aliphatic heterocycles. The van der Waals surface area contributed by atoms with Gasteiger partial charge in [0, 0.05) is 11.7 Å². The maximum atomic E-state index is 13.0. The summed E-state index contributed by atoms with van der Waals surface area (Å²) in [5.74, 6) is -2.63. The lowest BCUT2D eigenvalue weighted by molar-refractivity contribution is -0.192. The summed E-state index contributed by atoms with van der Waals surface area (Å²) in [5, 5.41) is 10.4. The molecule has 0 spiro atoms. The number of benzene rings is 2. The zero-order valence-corrected chi connectivity index (χ0v) is 21.3. The van der Waals surface area contributed by atoms with Crippen molar-refractivity contribution in [3.05, 3.63) is 59.7 Å². The molecule has 2 saturated carbocycles. The second kappa shape index (κ2) is 11.5. The Hall–Kier alpha value is -3.08. The second-order valence-electron chi connectivity index (χ2n) is 9.50. The van der Waals surface area contributed by atoms with Gasteiger partial charge in [0.25, 0.3) is 10.0 Å². The van der Waals surface area contributed by atoms with Crippen molar-refractivity contribution in [1.82, 2.24) is 5.32 Å². The van der Waals surface area contributed by atoms with Crippen LogP contribution in [-0.4, -0.2) is 37.6 Å². The van der Waals surface area contributed by atoms with Crippen LogP contribution in [0.15, 0.2) is 53.4 Å². The van der Waals surface area contributed by atoms with Gasteiger partial charge in [0.15, 0.2) is 0 Å². The zero-order valence-electron chi connectivity index (χ0n) is 20.5. The van der Waals surface area contributed by atoms with Gasteiger partial charge in [-0.2, -0.15) is 13.2 Å². The van der Waals surface area contributed by atoms with E-state index < -0.39 is 27.6 Å². The van der Waals surface area contributed by atoms with Gasteiger partial charge in [0.05, 0.1) is 10.3 Å². The van der Waals surface area contributed by atoms with Crippen LogP contribution in [0.3, 0.4) is 0 Å². The molecule has 202 valence electrons. The van der Waals surface area contributed by atoms with Crippen LogP contribution < -0.4 is 10.0 Å². The lowest BCUT2D eigenvalue weighted by Crippen LogP contribution is -2.41. The van der Waals surface area contributed by atoms with Gasteiger partial charge < -0.3 is 10.4 Å². The molecule has 0 bridgehead atoms. The number of carboxylic acid groups (broad SMARTS) is 1. The number of rotatable bonds is 6. The zero-order chi connectivity index (χ0) is 27.3. The molecule has 2 aliphatic carbocycles. The minimum atomic E-state index is -5.08. The van der Waals surface area contributed by atoms with Gasteiger partial charge in [-0.15, -0.1) is 0 Å². The third-order valence-corrected chi connectivity index (χ3v) is 8.23. The number of sulfonamides is 1. The van der Waals surface area contributed by atoms with E-state index in [1.165, 1.54) is 25.7 Å². The van der Waals surface area contributed by atoms with Gasteiger partial charge in [0.1, 0.15) is 0 Å². The molecule has 2 aromatic rings. The highest BCUT2D eigenvalue weighted by atomic mass is 32.2. The summed E-state index contributed by atoms with van der Waals surface area (Å²) < 4.78 is 59.8. The van der Waals surface area contributed by atoms with E-state index >= 15 is 0 Å². The van der Waals surface area contributed by atoms with Crippen molar-refractivity contribution in [3.63, 3.8) is 0 Å². The lowest BCUT2D eigenvalue weighted by Gasteiger charge is -2.22. The van der Waals surface area contributed by atoms with Crippen molar-refractivity contribution in [2.75, 3.05) is 4.72 Å². The number of carboxylic acids is 1. The molecule has 0 aromatic heterocycles. The maximum absolute atomic E-state index is 13.0. The van der Waals surface area contributed by atoms with Crippen LogP contribution in [0.25, 0.3) is 0 Å².